The molecule has 0 aliphatic heterocycles. The lowest BCUT2D eigenvalue weighted by atomic mass is 9.88. The quantitative estimate of drug-likeness (QED) is 0.0436. The fraction of sp³-hybridized carbons (Fsp3) is 0.650. The van der Waals surface area contributed by atoms with Gasteiger partial charge < -0.3 is 9.47 Å². The van der Waals surface area contributed by atoms with Crippen LogP contribution in [0.15, 0.2) is 206 Å². The molecular weight excluding hydrogens is 1780 g/mol. The molecule has 0 heterocycles. The summed E-state index contributed by atoms with van der Waals surface area (Å²) < 4.78 is 23.1. The van der Waals surface area contributed by atoms with Crippen molar-refractivity contribution in [3.05, 3.63) is 245 Å². The third-order valence-corrected chi connectivity index (χ3v) is 35.7. The van der Waals surface area contributed by atoms with Gasteiger partial charge in [-0.25, -0.2) is 4.39 Å². The highest BCUT2D eigenvalue weighted by Gasteiger charge is 2.19. The molecular formula is C120H215FO2SSi9. The van der Waals surface area contributed by atoms with Crippen molar-refractivity contribution in [3.63, 3.8) is 0 Å². The Balaban J connectivity index is 0.000000717. The molecule has 7 fully saturated rings. The lowest BCUT2D eigenvalue weighted by Gasteiger charge is -2.20. The van der Waals surface area contributed by atoms with Crippen LogP contribution < -0.4 is 5.19 Å². The number of ether oxygens (including phenoxy) is 2. The topological polar surface area (TPSA) is 18.5 Å². The predicted molar refractivity (Wildman–Crippen MR) is 637 cm³/mol. The maximum absolute atomic E-state index is 12.9. The summed E-state index contributed by atoms with van der Waals surface area (Å²) >= 11 is 1.85. The van der Waals surface area contributed by atoms with Gasteiger partial charge in [0.15, 0.2) is 0 Å². The van der Waals surface area contributed by atoms with E-state index < -0.39 is 16.1 Å². The minimum absolute atomic E-state index is 0.0686. The monoisotopic (exact) mass is 1990 g/mol. The first-order chi connectivity index (χ1) is 64.7. The van der Waals surface area contributed by atoms with Crippen molar-refractivity contribution in [2.45, 2.75) is 436 Å². The lowest BCUT2D eigenvalue weighted by Crippen LogP contribution is -2.37. The van der Waals surface area contributed by atoms with E-state index in [1.54, 1.807) is 148 Å². The summed E-state index contributed by atoms with van der Waals surface area (Å²) in [6, 6.07) is 82.0. The molecule has 133 heavy (non-hydrogen) atoms. The standard InChI is InChI=1S/C10H13F.C10H16Si.C10H14.C9H12O.C9H14Si.C8H10O.C8H10S.7C8H18Si/c1-2-3-6-9-7-4-5-8-10(9)11;1-11(2,3)9-10-7-5-4-6-8-10;1-3-9(2)10-7-5-4-6-8-10;1-2-10-8-9-6-4-3-5-7-9;1-10(2,3)9-7-5-4-6-8-9;2*1-9-7-8-5-3-2-4-6-8;7*9-7-6-8-4-2-1-3-5-8/h4-5,7-8H,2-3,6H2,1H3;4-8H,9H2,1-3H3;4-9H,3H2,1-2H3;3-7H,2,8H2,1H3;4-8H,1-3H3;2*2-6H,7H2,1H3;7*8H,1-7H2,9H3. The van der Waals surface area contributed by atoms with E-state index in [4.69, 9.17) is 9.47 Å². The zero-order valence-corrected chi connectivity index (χ0v) is 108. The van der Waals surface area contributed by atoms with Gasteiger partial charge in [0.25, 0.3) is 0 Å². The van der Waals surface area contributed by atoms with Crippen molar-refractivity contribution in [1.29, 1.82) is 0 Å². The van der Waals surface area contributed by atoms with Gasteiger partial charge in [0.2, 0.25) is 0 Å². The first-order valence-corrected chi connectivity index (χ1v) is 74.7. The third-order valence-electron chi connectivity index (χ3n) is 27.5. The third kappa shape index (κ3) is 77.1. The van der Waals surface area contributed by atoms with Gasteiger partial charge in [0, 0.05) is 99.2 Å². The molecule has 0 spiro atoms. The highest BCUT2D eigenvalue weighted by Crippen LogP contribution is 2.33. The van der Waals surface area contributed by atoms with E-state index in [1.165, 1.54) is 300 Å². The highest BCUT2D eigenvalue weighted by atomic mass is 32.2. The molecule has 2 nitrogen and oxygen atoms in total. The van der Waals surface area contributed by atoms with Crippen molar-refractivity contribution >= 4 is 105 Å². The summed E-state index contributed by atoms with van der Waals surface area (Å²) in [5.41, 5.74) is 7.65. The maximum Gasteiger partial charge on any atom is 0.126 e. The molecule has 7 saturated carbocycles. The van der Waals surface area contributed by atoms with Crippen LogP contribution in [0.5, 0.6) is 0 Å². The number of aryl methyl sites for hydroxylation is 1. The Kier molecular flexibility index (Phi) is 87.6. The average molecular weight is 1990 g/mol. The summed E-state index contributed by atoms with van der Waals surface area (Å²) in [4.78, 5) is 0. The molecule has 7 aromatic rings. The Hall–Kier alpha value is -3.31. The molecule has 1 unspecified atom stereocenters. The number of unbranched alkanes of at least 4 members (excludes halogenated alkanes) is 1. The number of rotatable bonds is 29. The van der Waals surface area contributed by atoms with Gasteiger partial charge in [-0.2, -0.15) is 11.8 Å². The second-order valence-corrected chi connectivity index (χ2v) is 60.7. The predicted octanol–water partition coefficient (Wildman–Crippen LogP) is 30.5. The van der Waals surface area contributed by atoms with Gasteiger partial charge in [-0.05, 0) is 120 Å². The van der Waals surface area contributed by atoms with Gasteiger partial charge >= 0.3 is 0 Å². The summed E-state index contributed by atoms with van der Waals surface area (Å²) in [5.74, 6) is 9.71. The van der Waals surface area contributed by atoms with E-state index in [0.29, 0.717) is 12.5 Å². The van der Waals surface area contributed by atoms with E-state index in [9.17, 15) is 4.39 Å². The van der Waals surface area contributed by atoms with E-state index in [1.807, 2.05) is 85.4 Å². The Morgan fingerprint density at radius 3 is 0.842 bits per heavy atom. The number of thioether (sulfide) groups is 1. The van der Waals surface area contributed by atoms with Crippen molar-refractivity contribution < 1.29 is 13.9 Å². The van der Waals surface area contributed by atoms with Crippen LogP contribution in [0.3, 0.4) is 0 Å². The summed E-state index contributed by atoms with van der Waals surface area (Å²) in [6.45, 7) is 25.1. The van der Waals surface area contributed by atoms with Crippen molar-refractivity contribution in [1.82, 2.24) is 0 Å². The van der Waals surface area contributed by atoms with Crippen LogP contribution in [-0.4, -0.2) is 108 Å². The molecule has 0 radical (unpaired) electrons. The molecule has 13 heteroatoms. The van der Waals surface area contributed by atoms with Crippen LogP contribution >= 0.6 is 11.8 Å². The Bertz CT molecular complexity index is 3210. The highest BCUT2D eigenvalue weighted by molar-refractivity contribution is 7.97. The zero-order valence-electron chi connectivity index (χ0n) is 90.9. The summed E-state index contributed by atoms with van der Waals surface area (Å²) in [6.07, 6.45) is 70.7. The number of hydrogen-bond acceptors (Lipinski definition) is 3. The molecule has 0 N–H and O–H groups in total. The van der Waals surface area contributed by atoms with Gasteiger partial charge in [0.05, 0.1) is 21.3 Å². The van der Waals surface area contributed by atoms with E-state index in [-0.39, 0.29) is 5.82 Å². The number of methoxy groups -OCH3 is 1. The zero-order chi connectivity index (χ0) is 97.4. The van der Waals surface area contributed by atoms with Crippen LogP contribution in [0.4, 0.5) is 4.39 Å². The molecule has 1 atom stereocenters. The second kappa shape index (κ2) is 91.2. The van der Waals surface area contributed by atoms with Gasteiger partial charge in [0.1, 0.15) is 5.82 Å². The van der Waals surface area contributed by atoms with Crippen molar-refractivity contribution in [2.24, 2.45) is 41.4 Å². The minimum atomic E-state index is -1.03. The number of hydrogen-bond donors (Lipinski definition) is 0. The van der Waals surface area contributed by atoms with Gasteiger partial charge in [-0.1, -0.05) is 589 Å². The largest absolute Gasteiger partial charge is 0.380 e. The normalized spacial score (nSPS) is 16.4. The molecule has 7 aliphatic rings. The smallest absolute Gasteiger partial charge is 0.126 e. The summed E-state index contributed by atoms with van der Waals surface area (Å²) in [5, 5.41) is 1.54. The first kappa shape index (κ1) is 128. The maximum atomic E-state index is 12.9. The first-order valence-electron chi connectivity index (χ1n) is 56.2. The molecule has 7 aliphatic carbocycles. The van der Waals surface area contributed by atoms with Gasteiger partial charge in [-0.15, -0.1) is 0 Å². The molecule has 0 amide bonds. The Morgan fingerprint density at radius 2 is 0.602 bits per heavy atom. The van der Waals surface area contributed by atoms with E-state index >= 15 is 0 Å². The molecule has 756 valence electrons. The molecule has 0 aromatic heterocycles. The van der Waals surface area contributed by atoms with Crippen LogP contribution in [0.25, 0.3) is 0 Å². The Morgan fingerprint density at radius 1 is 0.338 bits per heavy atom. The second-order valence-electron chi connectivity index (χ2n) is 42.3. The average Bonchev–Trinajstić information content (AvgIpc) is 0.874. The number of benzene rings is 7. The lowest BCUT2D eigenvalue weighted by molar-refractivity contribution is 0.134. The SMILES string of the molecule is CCC(C)c1ccccc1.CCCCc1ccccc1F.CCOCc1ccccc1.COCc1ccccc1.CSCc1ccccc1.C[Si](C)(C)Cc1ccccc1.C[Si](C)(C)c1ccccc1.[SiH3]CCC1CCCCC1.[SiH3]CCC1CCCCC1.[SiH3]CCC1CCCCC1.[SiH3]CCC1CCCCC1.[SiH3]CCC1CCCCC1.[SiH3]CCC1CCCCC1.[SiH3]CCC1CCCCC1. The molecule has 7 aromatic carbocycles. The van der Waals surface area contributed by atoms with E-state index in [0.717, 1.165) is 85.2 Å². The van der Waals surface area contributed by atoms with Gasteiger partial charge in [-0.3, -0.25) is 0 Å². The fourth-order valence-corrected chi connectivity index (χ4v) is 28.6. The van der Waals surface area contributed by atoms with Crippen molar-refractivity contribution in [2.75, 3.05) is 20.0 Å². The summed E-state index contributed by atoms with van der Waals surface area (Å²) in [7, 11) is 9.73. The van der Waals surface area contributed by atoms with Crippen LogP contribution in [0, 0.1) is 47.2 Å². The molecule has 14 rings (SSSR count). The molecule has 0 saturated heterocycles. The van der Waals surface area contributed by atoms with Crippen LogP contribution in [0.1, 0.15) is 356 Å². The minimum Gasteiger partial charge on any atom is -0.380 e. The number of halogens is 1. The fourth-order valence-electron chi connectivity index (χ4n) is 19.7. The van der Waals surface area contributed by atoms with E-state index in [2.05, 4.69) is 194 Å². The van der Waals surface area contributed by atoms with Crippen molar-refractivity contribution in [3.8, 4) is 0 Å². The van der Waals surface area contributed by atoms with Crippen LogP contribution in [-0.2, 0) is 40.9 Å². The molecule has 0 bridgehead atoms. The Labute approximate surface area is 854 Å². The van der Waals surface area contributed by atoms with Crippen LogP contribution in [0.2, 0.25) is 81.6 Å².